The molecule has 2 aromatic carbocycles. The van der Waals surface area contributed by atoms with Crippen molar-refractivity contribution in [3.8, 4) is 11.5 Å². The molecule has 0 saturated carbocycles. The Balaban J connectivity index is 1.61. The number of methoxy groups -OCH3 is 1. The van der Waals surface area contributed by atoms with E-state index < -0.39 is 5.97 Å². The number of para-hydroxylation sites is 1. The average molecular weight is 365 g/mol. The van der Waals surface area contributed by atoms with E-state index >= 15 is 0 Å². The van der Waals surface area contributed by atoms with Crippen molar-refractivity contribution in [1.82, 2.24) is 10.2 Å². The topological polar surface area (TPSA) is 94.3 Å². The highest BCUT2D eigenvalue weighted by atomic mass is 16.5. The molecule has 1 heterocycles. The molecule has 27 heavy (non-hydrogen) atoms. The zero-order valence-electron chi connectivity index (χ0n) is 15.1. The van der Waals surface area contributed by atoms with E-state index in [1.54, 1.807) is 24.3 Å². The standard InChI is InChI=1S/C20H19N3O4/c1-13-6-5-7-14(12-13)19-23-22-18(27-19)11-10-17(24)21-16-9-4-3-8-15(16)20(25)26-2/h3-9,12H,10-11H2,1-2H3,(H,21,24). The van der Waals surface area contributed by atoms with E-state index in [0.717, 1.165) is 11.1 Å². The molecule has 0 aliphatic carbocycles. The van der Waals surface area contributed by atoms with Crippen LogP contribution in [0, 0.1) is 6.92 Å². The van der Waals surface area contributed by atoms with Gasteiger partial charge in [0.25, 0.3) is 0 Å². The van der Waals surface area contributed by atoms with Gasteiger partial charge in [-0.2, -0.15) is 0 Å². The number of nitrogens with one attached hydrogen (secondary N) is 1. The summed E-state index contributed by atoms with van der Waals surface area (Å²) in [6.45, 7) is 1.98. The lowest BCUT2D eigenvalue weighted by Gasteiger charge is -2.08. The molecule has 0 aliphatic heterocycles. The van der Waals surface area contributed by atoms with Gasteiger partial charge in [0.2, 0.25) is 17.7 Å². The predicted octanol–water partition coefficient (Wildman–Crippen LogP) is 3.40. The number of esters is 1. The smallest absolute Gasteiger partial charge is 0.339 e. The Bertz CT molecular complexity index is 965. The van der Waals surface area contributed by atoms with Crippen LogP contribution in [0.2, 0.25) is 0 Å². The molecule has 0 aliphatic rings. The highest BCUT2D eigenvalue weighted by Crippen LogP contribution is 2.20. The zero-order chi connectivity index (χ0) is 19.2. The fourth-order valence-electron chi connectivity index (χ4n) is 2.56. The third-order valence-corrected chi connectivity index (χ3v) is 3.90. The van der Waals surface area contributed by atoms with Crippen LogP contribution in [0.1, 0.15) is 28.2 Å². The number of hydrogen-bond donors (Lipinski definition) is 1. The molecule has 0 atom stereocenters. The van der Waals surface area contributed by atoms with Gasteiger partial charge in [-0.3, -0.25) is 4.79 Å². The first-order valence-electron chi connectivity index (χ1n) is 8.43. The fraction of sp³-hybridized carbons (Fsp3) is 0.200. The van der Waals surface area contributed by atoms with Crippen LogP contribution in [0.4, 0.5) is 5.69 Å². The molecule has 1 N–H and O–H groups in total. The third-order valence-electron chi connectivity index (χ3n) is 3.90. The lowest BCUT2D eigenvalue weighted by Crippen LogP contribution is -2.15. The number of aromatic nitrogens is 2. The summed E-state index contributed by atoms with van der Waals surface area (Å²) in [5.74, 6) is 0.0281. The van der Waals surface area contributed by atoms with Gasteiger partial charge < -0.3 is 14.5 Å². The normalized spacial score (nSPS) is 10.4. The molecule has 1 amide bonds. The molecule has 7 nitrogen and oxygen atoms in total. The molecule has 0 radical (unpaired) electrons. The number of hydrogen-bond acceptors (Lipinski definition) is 6. The van der Waals surface area contributed by atoms with Crippen LogP contribution in [0.25, 0.3) is 11.5 Å². The van der Waals surface area contributed by atoms with Crippen LogP contribution in [0.15, 0.2) is 52.9 Å². The number of rotatable bonds is 6. The molecule has 7 heteroatoms. The molecular formula is C20H19N3O4. The first kappa shape index (κ1) is 18.3. The SMILES string of the molecule is COC(=O)c1ccccc1NC(=O)CCc1nnc(-c2cccc(C)c2)o1. The first-order valence-corrected chi connectivity index (χ1v) is 8.43. The Labute approximate surface area is 156 Å². The van der Waals surface area contributed by atoms with E-state index in [1.165, 1.54) is 7.11 Å². The molecule has 0 bridgehead atoms. The number of nitrogens with zero attached hydrogens (tertiary/aromatic N) is 2. The minimum Gasteiger partial charge on any atom is -0.465 e. The average Bonchev–Trinajstić information content (AvgIpc) is 3.15. The maximum Gasteiger partial charge on any atom is 0.339 e. The summed E-state index contributed by atoms with van der Waals surface area (Å²) in [5, 5.41) is 10.7. The van der Waals surface area contributed by atoms with Crippen molar-refractivity contribution in [2.24, 2.45) is 0 Å². The number of anilines is 1. The Morgan fingerprint density at radius 3 is 2.70 bits per heavy atom. The molecule has 1 aromatic heterocycles. The van der Waals surface area contributed by atoms with E-state index in [-0.39, 0.29) is 12.3 Å². The Morgan fingerprint density at radius 2 is 1.93 bits per heavy atom. The van der Waals surface area contributed by atoms with E-state index in [2.05, 4.69) is 15.5 Å². The van der Waals surface area contributed by atoms with E-state index in [1.807, 2.05) is 31.2 Å². The summed E-state index contributed by atoms with van der Waals surface area (Å²) in [5.41, 5.74) is 2.63. The molecule has 0 spiro atoms. The second-order valence-corrected chi connectivity index (χ2v) is 5.96. The van der Waals surface area contributed by atoms with Crippen LogP contribution >= 0.6 is 0 Å². The van der Waals surface area contributed by atoms with Gasteiger partial charge in [-0.15, -0.1) is 10.2 Å². The number of benzene rings is 2. The molecule has 3 rings (SSSR count). The van der Waals surface area contributed by atoms with Crippen molar-refractivity contribution in [3.63, 3.8) is 0 Å². The van der Waals surface area contributed by atoms with Crippen LogP contribution in [-0.2, 0) is 16.0 Å². The summed E-state index contributed by atoms with van der Waals surface area (Å²) in [7, 11) is 1.29. The number of carbonyl (C=O) groups is 2. The fourth-order valence-corrected chi connectivity index (χ4v) is 2.56. The van der Waals surface area contributed by atoms with Crippen molar-refractivity contribution in [3.05, 3.63) is 65.5 Å². The minimum atomic E-state index is -0.509. The second-order valence-electron chi connectivity index (χ2n) is 5.96. The van der Waals surface area contributed by atoms with Gasteiger partial charge in [-0.25, -0.2) is 4.79 Å². The Kier molecular flexibility index (Phi) is 5.61. The van der Waals surface area contributed by atoms with Crippen LogP contribution in [0.5, 0.6) is 0 Å². The van der Waals surface area contributed by atoms with Crippen molar-refractivity contribution in [1.29, 1.82) is 0 Å². The predicted molar refractivity (Wildman–Crippen MR) is 99.2 cm³/mol. The van der Waals surface area contributed by atoms with E-state index in [4.69, 9.17) is 9.15 Å². The number of carbonyl (C=O) groups excluding carboxylic acids is 2. The summed E-state index contributed by atoms with van der Waals surface area (Å²) in [6, 6.07) is 14.4. The van der Waals surface area contributed by atoms with Crippen molar-refractivity contribution in [2.45, 2.75) is 19.8 Å². The molecule has 0 saturated heterocycles. The molecule has 0 unspecified atom stereocenters. The number of ether oxygens (including phenoxy) is 1. The second kappa shape index (κ2) is 8.27. The van der Waals surface area contributed by atoms with Gasteiger partial charge in [0, 0.05) is 18.4 Å². The Morgan fingerprint density at radius 1 is 1.11 bits per heavy atom. The molecular weight excluding hydrogens is 346 g/mol. The zero-order valence-corrected chi connectivity index (χ0v) is 15.1. The van der Waals surface area contributed by atoms with Gasteiger partial charge in [0.05, 0.1) is 18.4 Å². The van der Waals surface area contributed by atoms with E-state index in [9.17, 15) is 9.59 Å². The largest absolute Gasteiger partial charge is 0.465 e. The maximum absolute atomic E-state index is 12.2. The molecule has 3 aromatic rings. The minimum absolute atomic E-state index is 0.144. The summed E-state index contributed by atoms with van der Waals surface area (Å²) in [6.07, 6.45) is 0.440. The summed E-state index contributed by atoms with van der Waals surface area (Å²) >= 11 is 0. The van der Waals surface area contributed by atoms with Crippen LogP contribution in [-0.4, -0.2) is 29.2 Å². The van der Waals surface area contributed by atoms with Crippen LogP contribution in [0.3, 0.4) is 0 Å². The molecule has 138 valence electrons. The quantitative estimate of drug-likeness (QED) is 0.673. The maximum atomic E-state index is 12.2. The highest BCUT2D eigenvalue weighted by Gasteiger charge is 2.15. The lowest BCUT2D eigenvalue weighted by atomic mass is 10.1. The van der Waals surface area contributed by atoms with Crippen molar-refractivity contribution < 1.29 is 18.7 Å². The monoisotopic (exact) mass is 365 g/mol. The highest BCUT2D eigenvalue weighted by molar-refractivity contribution is 6.01. The molecule has 0 fully saturated rings. The first-order chi connectivity index (χ1) is 13.1. The van der Waals surface area contributed by atoms with Gasteiger partial charge in [-0.1, -0.05) is 29.8 Å². The lowest BCUT2D eigenvalue weighted by molar-refractivity contribution is -0.116. The van der Waals surface area contributed by atoms with Crippen LogP contribution < -0.4 is 5.32 Å². The summed E-state index contributed by atoms with van der Waals surface area (Å²) < 4.78 is 10.3. The van der Waals surface area contributed by atoms with Gasteiger partial charge in [-0.05, 0) is 31.2 Å². The van der Waals surface area contributed by atoms with Gasteiger partial charge in [0.15, 0.2) is 0 Å². The third kappa shape index (κ3) is 4.58. The van der Waals surface area contributed by atoms with Crippen molar-refractivity contribution >= 4 is 17.6 Å². The van der Waals surface area contributed by atoms with Crippen molar-refractivity contribution in [2.75, 3.05) is 12.4 Å². The van der Waals surface area contributed by atoms with E-state index in [0.29, 0.717) is 29.5 Å². The number of aryl methyl sites for hydroxylation is 2. The Hall–Kier alpha value is -3.48. The van der Waals surface area contributed by atoms with Gasteiger partial charge >= 0.3 is 5.97 Å². The number of amides is 1. The van der Waals surface area contributed by atoms with Gasteiger partial charge in [0.1, 0.15) is 0 Å². The summed E-state index contributed by atoms with van der Waals surface area (Å²) in [4.78, 5) is 24.0.